The van der Waals surface area contributed by atoms with Crippen molar-refractivity contribution in [3.8, 4) is 0 Å². The summed E-state index contributed by atoms with van der Waals surface area (Å²) in [6, 6.07) is 29.5. The monoisotopic (exact) mass is 676 g/mol. The maximum atomic E-state index is 11.7. The first-order chi connectivity index (χ1) is 23.9. The molecule has 5 rings (SSSR count). The Morgan fingerprint density at radius 2 is 1.12 bits per heavy atom. The quantitative estimate of drug-likeness (QED) is 0.152. The van der Waals surface area contributed by atoms with Crippen LogP contribution in [0.1, 0.15) is 30.5 Å². The van der Waals surface area contributed by atoms with E-state index >= 15 is 0 Å². The lowest BCUT2D eigenvalue weighted by Gasteiger charge is -2.45. The van der Waals surface area contributed by atoms with E-state index in [1.165, 1.54) is 13.8 Å². The molecule has 11 nitrogen and oxygen atoms in total. The number of carbonyl (C=O) groups is 2. The predicted molar refractivity (Wildman–Crippen MR) is 177 cm³/mol. The van der Waals surface area contributed by atoms with Crippen LogP contribution in [0.25, 0.3) is 0 Å². The predicted octanol–water partition coefficient (Wildman–Crippen LogP) is 4.91. The Bertz CT molecular complexity index is 1450. The van der Waals surface area contributed by atoms with Crippen LogP contribution in [0.3, 0.4) is 0 Å². The summed E-state index contributed by atoms with van der Waals surface area (Å²) in [4.78, 5) is 23.2. The summed E-state index contributed by atoms with van der Waals surface area (Å²) < 4.78 is 54.9. The van der Waals surface area contributed by atoms with Gasteiger partial charge in [-0.05, 0) is 28.8 Å². The van der Waals surface area contributed by atoms with Crippen LogP contribution >= 0.6 is 0 Å². The molecule has 262 valence electrons. The summed E-state index contributed by atoms with van der Waals surface area (Å²) in [6.07, 6.45) is -2.52. The zero-order chi connectivity index (χ0) is 34.4. The van der Waals surface area contributed by atoms with Gasteiger partial charge in [0.15, 0.2) is 12.6 Å². The zero-order valence-corrected chi connectivity index (χ0v) is 28.0. The van der Waals surface area contributed by atoms with Crippen LogP contribution in [0.4, 0.5) is 0 Å². The molecule has 8 atom stereocenters. The number of hydrogen-bond donors (Lipinski definition) is 0. The SMILES string of the molecule is CO[C@H]1O[C@H](CO[C@@H]2C=C[C@@H](OC(C)=O)[C@@H](COC(C)=O)O2)[C@@H](OCc2ccccc2)[C@H](OCc2ccccc2)[C@H]1OCc1ccccc1. The maximum absolute atomic E-state index is 11.7. The van der Waals surface area contributed by atoms with Gasteiger partial charge in [-0.1, -0.05) is 91.0 Å². The number of methoxy groups -OCH3 is 1. The molecule has 2 aliphatic heterocycles. The molecule has 0 spiro atoms. The summed E-state index contributed by atoms with van der Waals surface area (Å²) in [5.41, 5.74) is 2.95. The molecule has 49 heavy (non-hydrogen) atoms. The van der Waals surface area contributed by atoms with Gasteiger partial charge in [0.2, 0.25) is 0 Å². The second kappa shape index (κ2) is 18.7. The van der Waals surface area contributed by atoms with Crippen molar-refractivity contribution in [2.45, 2.75) is 82.9 Å². The van der Waals surface area contributed by atoms with E-state index in [4.69, 9.17) is 42.6 Å². The molecule has 1 saturated heterocycles. The van der Waals surface area contributed by atoms with Gasteiger partial charge in [-0.25, -0.2) is 0 Å². The molecule has 0 bridgehead atoms. The highest BCUT2D eigenvalue weighted by Gasteiger charge is 2.49. The summed E-state index contributed by atoms with van der Waals surface area (Å²) in [5.74, 6) is -0.974. The minimum atomic E-state index is -0.859. The van der Waals surface area contributed by atoms with Crippen LogP contribution in [-0.2, 0) is 72.0 Å². The first-order valence-electron chi connectivity index (χ1n) is 16.3. The largest absolute Gasteiger partial charge is 0.463 e. The number of esters is 2. The van der Waals surface area contributed by atoms with Crippen molar-refractivity contribution in [3.05, 3.63) is 120 Å². The molecule has 2 aliphatic rings. The van der Waals surface area contributed by atoms with E-state index < -0.39 is 61.1 Å². The zero-order valence-electron chi connectivity index (χ0n) is 28.0. The van der Waals surface area contributed by atoms with Crippen molar-refractivity contribution in [1.82, 2.24) is 0 Å². The lowest BCUT2D eigenvalue weighted by atomic mass is 9.97. The molecular formula is C38H44O11. The minimum absolute atomic E-state index is 0.0173. The molecule has 3 aromatic carbocycles. The third-order valence-electron chi connectivity index (χ3n) is 7.99. The van der Waals surface area contributed by atoms with Gasteiger partial charge in [0.05, 0.1) is 26.4 Å². The topological polar surface area (TPSA) is 117 Å². The Morgan fingerprint density at radius 3 is 1.63 bits per heavy atom. The van der Waals surface area contributed by atoms with Crippen molar-refractivity contribution in [3.63, 3.8) is 0 Å². The third-order valence-corrected chi connectivity index (χ3v) is 7.99. The number of benzene rings is 3. The van der Waals surface area contributed by atoms with Crippen LogP contribution in [0, 0.1) is 0 Å². The van der Waals surface area contributed by atoms with Gasteiger partial charge < -0.3 is 42.6 Å². The van der Waals surface area contributed by atoms with Crippen molar-refractivity contribution >= 4 is 11.9 Å². The molecule has 1 fully saturated rings. The van der Waals surface area contributed by atoms with E-state index in [1.807, 2.05) is 91.0 Å². The Hall–Kier alpha value is -3.94. The summed E-state index contributed by atoms with van der Waals surface area (Å²) in [7, 11) is 1.56. The lowest BCUT2D eigenvalue weighted by Crippen LogP contribution is -2.61. The molecule has 0 aliphatic carbocycles. The highest BCUT2D eigenvalue weighted by Crippen LogP contribution is 2.32. The van der Waals surface area contributed by atoms with Gasteiger partial charge in [-0.2, -0.15) is 0 Å². The Labute approximate surface area is 286 Å². The first kappa shape index (κ1) is 36.3. The average Bonchev–Trinajstić information content (AvgIpc) is 3.12. The molecule has 0 aromatic heterocycles. The molecule has 0 amide bonds. The highest BCUT2D eigenvalue weighted by molar-refractivity contribution is 5.66. The molecule has 11 heteroatoms. The van der Waals surface area contributed by atoms with E-state index in [2.05, 4.69) is 0 Å². The van der Waals surface area contributed by atoms with Gasteiger partial charge >= 0.3 is 11.9 Å². The van der Waals surface area contributed by atoms with E-state index in [0.717, 1.165) is 16.7 Å². The fourth-order valence-electron chi connectivity index (χ4n) is 5.61. The third kappa shape index (κ3) is 11.0. The Balaban J connectivity index is 1.38. The molecular weight excluding hydrogens is 632 g/mol. The molecule has 0 radical (unpaired) electrons. The van der Waals surface area contributed by atoms with E-state index in [1.54, 1.807) is 19.3 Å². The first-order valence-corrected chi connectivity index (χ1v) is 16.3. The molecule has 2 heterocycles. The number of carbonyl (C=O) groups excluding carboxylic acids is 2. The summed E-state index contributed by atoms with van der Waals surface area (Å²) in [6.45, 7) is 3.38. The van der Waals surface area contributed by atoms with Crippen LogP contribution in [-0.4, -0.2) is 81.5 Å². The highest BCUT2D eigenvalue weighted by atomic mass is 16.7. The molecule has 3 aromatic rings. The Kier molecular flexibility index (Phi) is 13.9. The van der Waals surface area contributed by atoms with E-state index in [9.17, 15) is 9.59 Å². The minimum Gasteiger partial charge on any atom is -0.463 e. The fourth-order valence-corrected chi connectivity index (χ4v) is 5.61. The fraction of sp³-hybridized carbons (Fsp3) is 0.421. The second-order valence-electron chi connectivity index (χ2n) is 11.7. The second-order valence-corrected chi connectivity index (χ2v) is 11.7. The normalized spacial score (nSPS) is 26.6. The number of hydrogen-bond acceptors (Lipinski definition) is 11. The summed E-state index contributed by atoms with van der Waals surface area (Å²) >= 11 is 0. The average molecular weight is 677 g/mol. The molecule has 0 unspecified atom stereocenters. The number of rotatable bonds is 16. The molecule has 0 saturated carbocycles. The van der Waals surface area contributed by atoms with E-state index in [0.29, 0.717) is 13.2 Å². The van der Waals surface area contributed by atoms with Crippen molar-refractivity contribution in [2.24, 2.45) is 0 Å². The van der Waals surface area contributed by atoms with Crippen molar-refractivity contribution in [1.29, 1.82) is 0 Å². The van der Waals surface area contributed by atoms with Gasteiger partial charge in [0.1, 0.15) is 43.2 Å². The Morgan fingerprint density at radius 1 is 0.592 bits per heavy atom. The van der Waals surface area contributed by atoms with Gasteiger partial charge in [-0.15, -0.1) is 0 Å². The standard InChI is InChI=1S/C38H44O11/c1-26(39)42-24-32-31(47-27(2)40)19-20-34(48-32)43-25-33-35(44-21-28-13-7-4-8-14-28)36(45-22-29-15-9-5-10-16-29)37(38(41-3)49-33)46-23-30-17-11-6-12-18-30/h4-20,31-38H,21-25H2,1-3H3/t31-,32-,33-,34+,35-,36+,37-,38+/m1/s1. The van der Waals surface area contributed by atoms with Crippen molar-refractivity contribution < 1.29 is 52.2 Å². The van der Waals surface area contributed by atoms with E-state index in [-0.39, 0.29) is 19.8 Å². The van der Waals surface area contributed by atoms with Crippen LogP contribution in [0.15, 0.2) is 103 Å². The molecule has 0 N–H and O–H groups in total. The van der Waals surface area contributed by atoms with Gasteiger partial charge in [-0.3, -0.25) is 9.59 Å². The summed E-state index contributed by atoms with van der Waals surface area (Å²) in [5, 5.41) is 0. The lowest BCUT2D eigenvalue weighted by molar-refractivity contribution is -0.327. The van der Waals surface area contributed by atoms with Crippen LogP contribution < -0.4 is 0 Å². The van der Waals surface area contributed by atoms with Crippen LogP contribution in [0.2, 0.25) is 0 Å². The maximum Gasteiger partial charge on any atom is 0.303 e. The smallest absolute Gasteiger partial charge is 0.303 e. The van der Waals surface area contributed by atoms with Crippen LogP contribution in [0.5, 0.6) is 0 Å². The van der Waals surface area contributed by atoms with Crippen molar-refractivity contribution in [2.75, 3.05) is 20.3 Å². The van der Waals surface area contributed by atoms with Gasteiger partial charge in [0.25, 0.3) is 0 Å². The van der Waals surface area contributed by atoms with Gasteiger partial charge in [0, 0.05) is 21.0 Å². The number of ether oxygens (including phenoxy) is 9.